The predicted molar refractivity (Wildman–Crippen MR) is 78.1 cm³/mol. The van der Waals surface area contributed by atoms with Gasteiger partial charge in [-0.1, -0.05) is 20.8 Å². The second-order valence-electron chi connectivity index (χ2n) is 6.40. The number of benzene rings is 1. The molecule has 1 aliphatic rings. The maximum atomic E-state index is 12.2. The first kappa shape index (κ1) is 14.4. The van der Waals surface area contributed by atoms with Gasteiger partial charge in [-0.3, -0.25) is 4.79 Å². The van der Waals surface area contributed by atoms with Gasteiger partial charge in [-0.05, 0) is 30.0 Å². The van der Waals surface area contributed by atoms with Gasteiger partial charge in [-0.25, -0.2) is 4.79 Å². The zero-order valence-corrected chi connectivity index (χ0v) is 12.0. The van der Waals surface area contributed by atoms with E-state index in [9.17, 15) is 9.59 Å². The number of anilines is 2. The van der Waals surface area contributed by atoms with Gasteiger partial charge in [0.15, 0.2) is 0 Å². The van der Waals surface area contributed by atoms with Crippen molar-refractivity contribution >= 4 is 23.3 Å². The number of rotatable bonds is 2. The first-order valence-corrected chi connectivity index (χ1v) is 6.68. The minimum absolute atomic E-state index is 0.0192. The second-order valence-corrected chi connectivity index (χ2v) is 6.40. The normalized spacial score (nSPS) is 18.6. The zero-order chi connectivity index (χ0) is 14.9. The predicted octanol–water partition coefficient (Wildman–Crippen LogP) is 2.80. The Hall–Kier alpha value is -2.04. The summed E-state index contributed by atoms with van der Waals surface area (Å²) in [6, 6.07) is 4.67. The quantitative estimate of drug-likeness (QED) is 0.776. The number of carboxylic acids is 1. The average molecular weight is 276 g/mol. The molecule has 5 heteroatoms. The van der Waals surface area contributed by atoms with Crippen LogP contribution in [0.3, 0.4) is 0 Å². The lowest BCUT2D eigenvalue weighted by Gasteiger charge is -2.23. The molecule has 1 heterocycles. The van der Waals surface area contributed by atoms with E-state index in [0.29, 0.717) is 17.9 Å². The molecule has 1 aromatic rings. The molecule has 2 rings (SSSR count). The van der Waals surface area contributed by atoms with Crippen molar-refractivity contribution < 1.29 is 14.7 Å². The summed E-state index contributed by atoms with van der Waals surface area (Å²) in [7, 11) is 0. The van der Waals surface area contributed by atoms with E-state index in [1.807, 2.05) is 0 Å². The molecule has 0 radical (unpaired) electrons. The third-order valence-electron chi connectivity index (χ3n) is 3.29. The Kier molecular flexibility index (Phi) is 3.70. The minimum atomic E-state index is -0.976. The van der Waals surface area contributed by atoms with E-state index >= 15 is 0 Å². The van der Waals surface area contributed by atoms with Crippen LogP contribution >= 0.6 is 0 Å². The molecule has 0 saturated heterocycles. The Labute approximate surface area is 118 Å². The lowest BCUT2D eigenvalue weighted by molar-refractivity contribution is -0.120. The van der Waals surface area contributed by atoms with Crippen molar-refractivity contribution in [2.75, 3.05) is 17.2 Å². The first-order valence-electron chi connectivity index (χ1n) is 6.68. The summed E-state index contributed by atoms with van der Waals surface area (Å²) in [4.78, 5) is 23.2. The maximum absolute atomic E-state index is 12.2. The number of carbonyl (C=O) groups excluding carboxylic acids is 1. The van der Waals surface area contributed by atoms with Crippen molar-refractivity contribution in [2.24, 2.45) is 11.3 Å². The molecule has 5 nitrogen and oxygen atoms in total. The van der Waals surface area contributed by atoms with E-state index in [4.69, 9.17) is 5.11 Å². The summed E-state index contributed by atoms with van der Waals surface area (Å²) >= 11 is 0. The molecule has 1 aromatic carbocycles. The van der Waals surface area contributed by atoms with Crippen LogP contribution < -0.4 is 10.6 Å². The lowest BCUT2D eigenvalue weighted by Crippen LogP contribution is -2.29. The van der Waals surface area contributed by atoms with E-state index in [1.54, 1.807) is 12.1 Å². The van der Waals surface area contributed by atoms with Crippen LogP contribution in [0.4, 0.5) is 11.4 Å². The van der Waals surface area contributed by atoms with Crippen LogP contribution in [0, 0.1) is 11.3 Å². The van der Waals surface area contributed by atoms with Gasteiger partial charge in [0.05, 0.1) is 22.9 Å². The Morgan fingerprint density at radius 1 is 1.35 bits per heavy atom. The van der Waals surface area contributed by atoms with Gasteiger partial charge in [0, 0.05) is 6.54 Å². The van der Waals surface area contributed by atoms with Crippen LogP contribution in [0.15, 0.2) is 18.2 Å². The van der Waals surface area contributed by atoms with Crippen LogP contribution in [-0.4, -0.2) is 23.5 Å². The van der Waals surface area contributed by atoms with Gasteiger partial charge >= 0.3 is 5.97 Å². The van der Waals surface area contributed by atoms with Crippen LogP contribution in [0.25, 0.3) is 0 Å². The number of nitrogens with one attached hydrogen (secondary N) is 2. The van der Waals surface area contributed by atoms with Crippen molar-refractivity contribution in [1.29, 1.82) is 0 Å². The molecule has 1 atom stereocenters. The number of fused-ring (bicyclic) bond motifs is 1. The molecule has 3 N–H and O–H groups in total. The molecule has 0 aliphatic carbocycles. The van der Waals surface area contributed by atoms with Crippen molar-refractivity contribution in [2.45, 2.75) is 27.2 Å². The maximum Gasteiger partial charge on any atom is 0.335 e. The topological polar surface area (TPSA) is 78.4 Å². The van der Waals surface area contributed by atoms with Crippen molar-refractivity contribution in [3.05, 3.63) is 23.8 Å². The van der Waals surface area contributed by atoms with E-state index in [0.717, 1.165) is 6.42 Å². The van der Waals surface area contributed by atoms with Crippen molar-refractivity contribution in [1.82, 2.24) is 0 Å². The van der Waals surface area contributed by atoms with Gasteiger partial charge < -0.3 is 15.7 Å². The molecular formula is C15H20N2O3. The van der Waals surface area contributed by atoms with Gasteiger partial charge in [-0.2, -0.15) is 0 Å². The Morgan fingerprint density at radius 2 is 2.05 bits per heavy atom. The number of amides is 1. The molecule has 0 aromatic heterocycles. The summed E-state index contributed by atoms with van der Waals surface area (Å²) < 4.78 is 0. The Balaban J connectivity index is 2.22. The molecule has 108 valence electrons. The Morgan fingerprint density at radius 3 is 2.65 bits per heavy atom. The smallest absolute Gasteiger partial charge is 0.335 e. The third kappa shape index (κ3) is 3.29. The Bertz CT molecular complexity index is 547. The van der Waals surface area contributed by atoms with Crippen LogP contribution in [0.2, 0.25) is 0 Å². The highest BCUT2D eigenvalue weighted by Gasteiger charge is 2.28. The number of carboxylic acid groups (broad SMARTS) is 1. The van der Waals surface area contributed by atoms with Crippen LogP contribution in [0.5, 0.6) is 0 Å². The monoisotopic (exact) mass is 276 g/mol. The van der Waals surface area contributed by atoms with Crippen molar-refractivity contribution in [3.8, 4) is 0 Å². The van der Waals surface area contributed by atoms with E-state index in [-0.39, 0.29) is 22.8 Å². The molecule has 1 aliphatic heterocycles. The van der Waals surface area contributed by atoms with Gasteiger partial charge in [0.1, 0.15) is 0 Å². The summed E-state index contributed by atoms with van der Waals surface area (Å²) in [6.07, 6.45) is 0.769. The zero-order valence-electron chi connectivity index (χ0n) is 12.0. The number of aromatic carboxylic acids is 1. The summed E-state index contributed by atoms with van der Waals surface area (Å²) in [5, 5.41) is 15.0. The highest BCUT2D eigenvalue weighted by atomic mass is 16.4. The summed E-state index contributed by atoms with van der Waals surface area (Å²) in [6.45, 7) is 6.81. The molecule has 0 spiro atoms. The molecule has 0 fully saturated rings. The fourth-order valence-electron chi connectivity index (χ4n) is 2.40. The van der Waals surface area contributed by atoms with E-state index < -0.39 is 5.97 Å². The molecule has 1 unspecified atom stereocenters. The van der Waals surface area contributed by atoms with Crippen LogP contribution in [-0.2, 0) is 4.79 Å². The molecule has 0 bridgehead atoms. The molecule has 20 heavy (non-hydrogen) atoms. The summed E-state index contributed by atoms with van der Waals surface area (Å²) in [5.41, 5.74) is 1.57. The SMILES string of the molecule is CC(C)(C)CC1CNc2cc(C(=O)O)ccc2NC1=O. The highest BCUT2D eigenvalue weighted by molar-refractivity contribution is 5.99. The average Bonchev–Trinajstić information content (AvgIpc) is 2.47. The lowest BCUT2D eigenvalue weighted by atomic mass is 9.84. The standard InChI is InChI=1S/C15H20N2O3/c1-15(2,3)7-10-8-16-12-6-9(14(19)20)4-5-11(12)17-13(10)18/h4-6,10,16H,7-8H2,1-3H3,(H,17,18)(H,19,20). The number of hydrogen-bond donors (Lipinski definition) is 3. The second kappa shape index (κ2) is 5.15. The first-order chi connectivity index (χ1) is 9.26. The van der Waals surface area contributed by atoms with Gasteiger partial charge in [0.2, 0.25) is 5.91 Å². The summed E-state index contributed by atoms with van der Waals surface area (Å²) in [5.74, 6) is -1.12. The fraction of sp³-hybridized carbons (Fsp3) is 0.467. The number of carbonyl (C=O) groups is 2. The van der Waals surface area contributed by atoms with Crippen LogP contribution in [0.1, 0.15) is 37.6 Å². The van der Waals surface area contributed by atoms with E-state index in [2.05, 4.69) is 31.4 Å². The fourth-order valence-corrected chi connectivity index (χ4v) is 2.40. The van der Waals surface area contributed by atoms with Gasteiger partial charge in [0.25, 0.3) is 0 Å². The molecular weight excluding hydrogens is 256 g/mol. The molecule has 0 saturated carbocycles. The largest absolute Gasteiger partial charge is 0.478 e. The minimum Gasteiger partial charge on any atom is -0.478 e. The third-order valence-corrected chi connectivity index (χ3v) is 3.29. The highest BCUT2D eigenvalue weighted by Crippen LogP contribution is 2.31. The van der Waals surface area contributed by atoms with E-state index in [1.165, 1.54) is 6.07 Å². The number of hydrogen-bond acceptors (Lipinski definition) is 3. The molecule has 1 amide bonds. The van der Waals surface area contributed by atoms with Crippen molar-refractivity contribution in [3.63, 3.8) is 0 Å². The van der Waals surface area contributed by atoms with Gasteiger partial charge in [-0.15, -0.1) is 0 Å².